The van der Waals surface area contributed by atoms with Crippen molar-refractivity contribution in [2.75, 3.05) is 5.32 Å². The largest absolute Gasteiger partial charge is 0.322 e. The molecule has 1 amide bonds. The van der Waals surface area contributed by atoms with Crippen molar-refractivity contribution in [3.63, 3.8) is 0 Å². The van der Waals surface area contributed by atoms with Gasteiger partial charge in [0, 0.05) is 15.7 Å². The summed E-state index contributed by atoms with van der Waals surface area (Å²) in [6.45, 7) is 0. The maximum atomic E-state index is 13.7. The molecule has 0 atom stereocenters. The third-order valence-electron chi connectivity index (χ3n) is 2.46. The fourth-order valence-corrected chi connectivity index (χ4v) is 2.12. The first-order valence-electron chi connectivity index (χ1n) is 5.46. The molecule has 3 nitrogen and oxygen atoms in total. The molecule has 2 rings (SSSR count). The summed E-state index contributed by atoms with van der Waals surface area (Å²) in [4.78, 5) is 11.9. The third-order valence-corrected chi connectivity index (χ3v) is 2.90. The fraction of sp³-hybridized carbons (Fsp3) is 0. The number of nitriles is 1. The summed E-state index contributed by atoms with van der Waals surface area (Å²) in [5.74, 6) is -1.42. The second kappa shape index (κ2) is 5.91. The van der Waals surface area contributed by atoms with Crippen LogP contribution in [0.3, 0.4) is 0 Å². The second-order valence-electron chi connectivity index (χ2n) is 3.92. The highest BCUT2D eigenvalue weighted by Gasteiger charge is 2.13. The average molecular weight is 309 g/mol. The van der Waals surface area contributed by atoms with Gasteiger partial charge in [0.25, 0.3) is 5.91 Å². The van der Waals surface area contributed by atoms with Crippen LogP contribution in [0.4, 0.5) is 10.1 Å². The molecule has 2 aromatic carbocycles. The minimum absolute atomic E-state index is 0.143. The molecule has 0 fully saturated rings. The zero-order valence-electron chi connectivity index (χ0n) is 9.95. The van der Waals surface area contributed by atoms with Gasteiger partial charge < -0.3 is 5.32 Å². The lowest BCUT2D eigenvalue weighted by Gasteiger charge is -2.07. The van der Waals surface area contributed by atoms with Gasteiger partial charge >= 0.3 is 0 Å². The molecule has 6 heteroatoms. The number of nitrogens with one attached hydrogen (secondary N) is 1. The highest BCUT2D eigenvalue weighted by Crippen LogP contribution is 2.23. The van der Waals surface area contributed by atoms with Crippen molar-refractivity contribution in [3.05, 3.63) is 63.4 Å². The fourth-order valence-electron chi connectivity index (χ4n) is 1.59. The maximum Gasteiger partial charge on any atom is 0.258 e. The van der Waals surface area contributed by atoms with Gasteiger partial charge in [0.2, 0.25) is 0 Å². The average Bonchev–Trinajstić information content (AvgIpc) is 2.36. The lowest BCUT2D eigenvalue weighted by atomic mass is 10.1. The molecule has 0 spiro atoms. The maximum absolute atomic E-state index is 13.7. The molecule has 100 valence electrons. The van der Waals surface area contributed by atoms with Crippen molar-refractivity contribution >= 4 is 34.8 Å². The number of amides is 1. The van der Waals surface area contributed by atoms with E-state index in [0.717, 1.165) is 6.07 Å². The van der Waals surface area contributed by atoms with Gasteiger partial charge in [-0.25, -0.2) is 4.39 Å². The van der Waals surface area contributed by atoms with Crippen molar-refractivity contribution in [1.82, 2.24) is 0 Å². The first kappa shape index (κ1) is 14.3. The molecule has 0 heterocycles. The van der Waals surface area contributed by atoms with E-state index in [4.69, 9.17) is 28.5 Å². The number of benzene rings is 2. The van der Waals surface area contributed by atoms with Crippen LogP contribution in [-0.4, -0.2) is 5.91 Å². The summed E-state index contributed by atoms with van der Waals surface area (Å²) in [5, 5.41) is 11.8. The minimum Gasteiger partial charge on any atom is -0.322 e. The molecular formula is C14H7Cl2FN2O. The van der Waals surface area contributed by atoms with E-state index in [1.165, 1.54) is 30.3 Å². The monoisotopic (exact) mass is 308 g/mol. The molecule has 0 unspecified atom stereocenters. The predicted molar refractivity (Wildman–Crippen MR) is 75.5 cm³/mol. The van der Waals surface area contributed by atoms with Gasteiger partial charge in [0.05, 0.1) is 17.2 Å². The van der Waals surface area contributed by atoms with E-state index in [1.807, 2.05) is 0 Å². The van der Waals surface area contributed by atoms with Gasteiger partial charge in [-0.3, -0.25) is 4.79 Å². The Hall–Kier alpha value is -2.09. The van der Waals surface area contributed by atoms with Crippen molar-refractivity contribution < 1.29 is 9.18 Å². The van der Waals surface area contributed by atoms with Crippen molar-refractivity contribution in [2.24, 2.45) is 0 Å². The zero-order valence-corrected chi connectivity index (χ0v) is 11.5. The second-order valence-corrected chi connectivity index (χ2v) is 4.79. The molecule has 0 saturated carbocycles. The molecule has 2 aromatic rings. The molecule has 0 saturated heterocycles. The number of hydrogen-bond acceptors (Lipinski definition) is 2. The Morgan fingerprint density at radius 2 is 1.80 bits per heavy atom. The van der Waals surface area contributed by atoms with Crippen molar-refractivity contribution in [2.45, 2.75) is 0 Å². The Morgan fingerprint density at radius 1 is 1.15 bits per heavy atom. The van der Waals surface area contributed by atoms with Crippen LogP contribution in [0.15, 0.2) is 36.4 Å². The first-order chi connectivity index (χ1) is 9.49. The number of hydrogen-bond donors (Lipinski definition) is 1. The van der Waals surface area contributed by atoms with E-state index in [-0.39, 0.29) is 11.1 Å². The Kier molecular flexibility index (Phi) is 4.23. The highest BCUT2D eigenvalue weighted by molar-refractivity contribution is 6.35. The summed E-state index contributed by atoms with van der Waals surface area (Å²) >= 11 is 11.6. The van der Waals surface area contributed by atoms with E-state index in [1.54, 1.807) is 6.07 Å². The van der Waals surface area contributed by atoms with Gasteiger partial charge in [-0.05, 0) is 36.4 Å². The van der Waals surface area contributed by atoms with Crippen LogP contribution in [-0.2, 0) is 0 Å². The van der Waals surface area contributed by atoms with E-state index >= 15 is 0 Å². The number of rotatable bonds is 2. The summed E-state index contributed by atoms with van der Waals surface area (Å²) in [7, 11) is 0. The van der Waals surface area contributed by atoms with Crippen LogP contribution in [0.5, 0.6) is 0 Å². The summed E-state index contributed by atoms with van der Waals surface area (Å²) in [6, 6.07) is 9.90. The summed E-state index contributed by atoms with van der Waals surface area (Å²) in [6.07, 6.45) is 0. The SMILES string of the molecule is N#Cc1ccc(C(=O)Nc2cc(Cl)cc(Cl)c2)c(F)c1. The normalized spacial score (nSPS) is 9.90. The third kappa shape index (κ3) is 3.27. The standard InChI is InChI=1S/C14H7Cl2FN2O/c15-9-4-10(16)6-11(5-9)19-14(20)12-2-1-8(7-18)3-13(12)17/h1-6H,(H,19,20). The number of nitrogens with zero attached hydrogens (tertiary/aromatic N) is 1. The number of anilines is 1. The zero-order chi connectivity index (χ0) is 14.7. The van der Waals surface area contributed by atoms with Crippen LogP contribution in [0.2, 0.25) is 10.0 Å². The number of carbonyl (C=O) groups excluding carboxylic acids is 1. The minimum atomic E-state index is -0.769. The smallest absolute Gasteiger partial charge is 0.258 e. The van der Waals surface area contributed by atoms with Crippen LogP contribution in [0, 0.1) is 17.1 Å². The topological polar surface area (TPSA) is 52.9 Å². The molecule has 0 aliphatic heterocycles. The van der Waals surface area contributed by atoms with Gasteiger partial charge in [-0.15, -0.1) is 0 Å². The lowest BCUT2D eigenvalue weighted by Crippen LogP contribution is -2.13. The molecule has 0 aliphatic carbocycles. The highest BCUT2D eigenvalue weighted by atomic mass is 35.5. The van der Waals surface area contributed by atoms with E-state index in [2.05, 4.69) is 5.32 Å². The Balaban J connectivity index is 2.26. The van der Waals surface area contributed by atoms with Gasteiger partial charge in [0.15, 0.2) is 0 Å². The molecule has 0 bridgehead atoms. The Bertz CT molecular complexity index is 705. The van der Waals surface area contributed by atoms with E-state index < -0.39 is 11.7 Å². The van der Waals surface area contributed by atoms with Crippen molar-refractivity contribution in [3.8, 4) is 6.07 Å². The van der Waals surface area contributed by atoms with Gasteiger partial charge in [0.1, 0.15) is 5.82 Å². The Labute approximate surface area is 124 Å². The Morgan fingerprint density at radius 3 is 2.35 bits per heavy atom. The first-order valence-corrected chi connectivity index (χ1v) is 6.22. The van der Waals surface area contributed by atoms with Gasteiger partial charge in [-0.1, -0.05) is 23.2 Å². The predicted octanol–water partition coefficient (Wildman–Crippen LogP) is 4.26. The quantitative estimate of drug-likeness (QED) is 0.901. The van der Waals surface area contributed by atoms with E-state index in [0.29, 0.717) is 15.7 Å². The van der Waals surface area contributed by atoms with Crippen molar-refractivity contribution in [1.29, 1.82) is 5.26 Å². The van der Waals surface area contributed by atoms with Crippen LogP contribution in [0.25, 0.3) is 0 Å². The molecule has 0 aromatic heterocycles. The van der Waals surface area contributed by atoms with E-state index in [9.17, 15) is 9.18 Å². The molecule has 0 aliphatic rings. The number of carbonyl (C=O) groups is 1. The molecule has 20 heavy (non-hydrogen) atoms. The summed E-state index contributed by atoms with van der Waals surface area (Å²) in [5.41, 5.74) is 0.334. The van der Waals surface area contributed by atoms with Crippen LogP contribution >= 0.6 is 23.2 Å². The molecular weight excluding hydrogens is 302 g/mol. The molecule has 1 N–H and O–H groups in total. The van der Waals surface area contributed by atoms with Crippen LogP contribution < -0.4 is 5.32 Å². The van der Waals surface area contributed by atoms with Gasteiger partial charge in [-0.2, -0.15) is 5.26 Å². The van der Waals surface area contributed by atoms with Crippen LogP contribution in [0.1, 0.15) is 15.9 Å². The number of halogens is 3. The lowest BCUT2D eigenvalue weighted by molar-refractivity contribution is 0.102. The molecule has 0 radical (unpaired) electrons. The summed E-state index contributed by atoms with van der Waals surface area (Å²) < 4.78 is 13.7.